The van der Waals surface area contributed by atoms with Gasteiger partial charge in [-0.1, -0.05) is 39.5 Å². The molecule has 0 aliphatic heterocycles. The summed E-state index contributed by atoms with van der Waals surface area (Å²) in [7, 11) is 1.64. The van der Waals surface area contributed by atoms with Crippen LogP contribution in [-0.4, -0.2) is 19.0 Å². The summed E-state index contributed by atoms with van der Waals surface area (Å²) in [4.78, 5) is 11.8. The summed E-state index contributed by atoms with van der Waals surface area (Å²) < 4.78 is 5.23. The van der Waals surface area contributed by atoms with Gasteiger partial charge in [-0.3, -0.25) is 4.79 Å². The zero-order valence-electron chi connectivity index (χ0n) is 9.58. The fraction of sp³-hybridized carbons (Fsp3) is 0.917. The number of methoxy groups -OCH3 is 1. The van der Waals surface area contributed by atoms with Crippen LogP contribution in [0.5, 0.6) is 0 Å². The minimum absolute atomic E-state index is 0.185. The van der Waals surface area contributed by atoms with Crippen molar-refractivity contribution in [1.82, 2.24) is 0 Å². The highest BCUT2D eigenvalue weighted by molar-refractivity contribution is 5.83. The van der Waals surface area contributed by atoms with Crippen molar-refractivity contribution in [2.24, 2.45) is 11.8 Å². The highest BCUT2D eigenvalue weighted by atomic mass is 16.5. The number of hydrogen-bond donors (Lipinski definition) is 0. The Bertz CT molecular complexity index is 181. The van der Waals surface area contributed by atoms with Gasteiger partial charge in [0.05, 0.1) is 0 Å². The fourth-order valence-corrected chi connectivity index (χ4v) is 2.39. The molecule has 14 heavy (non-hydrogen) atoms. The molecule has 1 unspecified atom stereocenters. The van der Waals surface area contributed by atoms with E-state index in [1.165, 1.54) is 25.7 Å². The Morgan fingerprint density at radius 3 is 2.36 bits per heavy atom. The van der Waals surface area contributed by atoms with Crippen molar-refractivity contribution < 1.29 is 9.53 Å². The summed E-state index contributed by atoms with van der Waals surface area (Å²) in [5.41, 5.74) is 0. The predicted octanol–water partition coefficient (Wildman–Crippen LogP) is 2.81. The maximum atomic E-state index is 11.8. The van der Waals surface area contributed by atoms with E-state index in [1.54, 1.807) is 7.11 Å². The van der Waals surface area contributed by atoms with Crippen LogP contribution in [0.25, 0.3) is 0 Å². The van der Waals surface area contributed by atoms with Crippen LogP contribution in [0, 0.1) is 11.8 Å². The Balaban J connectivity index is 2.38. The number of carbonyl (C=O) groups excluding carboxylic acids is 1. The second-order valence-corrected chi connectivity index (χ2v) is 4.72. The third kappa shape index (κ3) is 3.09. The number of rotatable bonds is 5. The third-order valence-electron chi connectivity index (χ3n) is 3.14. The first-order chi connectivity index (χ1) is 6.65. The second-order valence-electron chi connectivity index (χ2n) is 4.72. The van der Waals surface area contributed by atoms with Gasteiger partial charge >= 0.3 is 0 Å². The van der Waals surface area contributed by atoms with Gasteiger partial charge in [-0.05, 0) is 11.8 Å². The lowest BCUT2D eigenvalue weighted by Crippen LogP contribution is -2.29. The van der Waals surface area contributed by atoms with E-state index in [0.29, 0.717) is 17.6 Å². The molecule has 0 heterocycles. The molecule has 0 saturated heterocycles. The maximum Gasteiger partial charge on any atom is 0.162 e. The average molecular weight is 198 g/mol. The molecule has 2 nitrogen and oxygen atoms in total. The van der Waals surface area contributed by atoms with E-state index in [2.05, 4.69) is 0 Å². The first-order valence-electron chi connectivity index (χ1n) is 5.70. The topological polar surface area (TPSA) is 26.3 Å². The minimum Gasteiger partial charge on any atom is -0.373 e. The van der Waals surface area contributed by atoms with Crippen LogP contribution < -0.4 is 0 Å². The number of hydrogen-bond acceptors (Lipinski definition) is 2. The summed E-state index contributed by atoms with van der Waals surface area (Å²) in [6, 6.07) is 0. The van der Waals surface area contributed by atoms with Gasteiger partial charge in [0.15, 0.2) is 5.78 Å². The zero-order valence-corrected chi connectivity index (χ0v) is 9.58. The lowest BCUT2D eigenvalue weighted by Gasteiger charge is -2.19. The van der Waals surface area contributed by atoms with Gasteiger partial charge in [-0.15, -0.1) is 0 Å². The van der Waals surface area contributed by atoms with Crippen molar-refractivity contribution in [2.45, 2.75) is 52.1 Å². The molecule has 1 saturated carbocycles. The molecule has 0 aromatic carbocycles. The normalized spacial score (nSPS) is 20.3. The van der Waals surface area contributed by atoms with E-state index in [-0.39, 0.29) is 6.10 Å². The van der Waals surface area contributed by atoms with Crippen molar-refractivity contribution in [1.29, 1.82) is 0 Å². The molecule has 2 heteroatoms. The van der Waals surface area contributed by atoms with Crippen LogP contribution >= 0.6 is 0 Å². The van der Waals surface area contributed by atoms with E-state index in [1.807, 2.05) is 13.8 Å². The Morgan fingerprint density at radius 2 is 1.93 bits per heavy atom. The van der Waals surface area contributed by atoms with E-state index in [0.717, 1.165) is 6.42 Å². The average Bonchev–Trinajstić information content (AvgIpc) is 2.57. The molecule has 1 aliphatic carbocycles. The lowest BCUT2D eigenvalue weighted by atomic mass is 9.94. The molecule has 0 spiro atoms. The molecule has 0 radical (unpaired) electrons. The van der Waals surface area contributed by atoms with E-state index >= 15 is 0 Å². The molecule has 0 amide bonds. The molecule has 0 N–H and O–H groups in total. The summed E-state index contributed by atoms with van der Waals surface area (Å²) in [6.45, 7) is 4.08. The van der Waals surface area contributed by atoms with Crippen LogP contribution in [0.1, 0.15) is 46.0 Å². The van der Waals surface area contributed by atoms with Crippen LogP contribution in [-0.2, 0) is 9.53 Å². The quantitative estimate of drug-likeness (QED) is 0.679. The van der Waals surface area contributed by atoms with Crippen molar-refractivity contribution in [3.8, 4) is 0 Å². The zero-order chi connectivity index (χ0) is 10.6. The standard InChI is InChI=1S/C12H22O2/c1-9(2)12(14-3)11(13)8-10-6-4-5-7-10/h9-10,12H,4-8H2,1-3H3. The SMILES string of the molecule is COC(C(=O)CC1CCCC1)C(C)C. The van der Waals surface area contributed by atoms with Gasteiger partial charge < -0.3 is 4.74 Å². The van der Waals surface area contributed by atoms with E-state index in [9.17, 15) is 4.79 Å². The molecule has 1 atom stereocenters. The van der Waals surface area contributed by atoms with Crippen LogP contribution in [0.15, 0.2) is 0 Å². The summed E-state index contributed by atoms with van der Waals surface area (Å²) in [5, 5.41) is 0. The van der Waals surface area contributed by atoms with Gasteiger partial charge in [0.1, 0.15) is 6.10 Å². The van der Waals surface area contributed by atoms with Crippen molar-refractivity contribution in [2.75, 3.05) is 7.11 Å². The van der Waals surface area contributed by atoms with E-state index < -0.39 is 0 Å². The molecule has 82 valence electrons. The highest BCUT2D eigenvalue weighted by Crippen LogP contribution is 2.28. The number of carbonyl (C=O) groups is 1. The Labute approximate surface area is 87.0 Å². The highest BCUT2D eigenvalue weighted by Gasteiger charge is 2.25. The van der Waals surface area contributed by atoms with Crippen LogP contribution in [0.3, 0.4) is 0 Å². The number of ketones is 1. The Hall–Kier alpha value is -0.370. The van der Waals surface area contributed by atoms with Gasteiger partial charge in [-0.2, -0.15) is 0 Å². The molecular formula is C12H22O2. The van der Waals surface area contributed by atoms with Gasteiger partial charge in [-0.25, -0.2) is 0 Å². The molecule has 1 aliphatic rings. The van der Waals surface area contributed by atoms with Crippen LogP contribution in [0.2, 0.25) is 0 Å². The first kappa shape index (κ1) is 11.7. The lowest BCUT2D eigenvalue weighted by molar-refractivity contribution is -0.132. The van der Waals surface area contributed by atoms with Crippen molar-refractivity contribution >= 4 is 5.78 Å². The van der Waals surface area contributed by atoms with Gasteiger partial charge in [0, 0.05) is 13.5 Å². The molecule has 0 aromatic rings. The Kier molecular flexibility index (Phi) is 4.59. The number of ether oxygens (including phenoxy) is 1. The fourth-order valence-electron chi connectivity index (χ4n) is 2.39. The van der Waals surface area contributed by atoms with Crippen LogP contribution in [0.4, 0.5) is 0 Å². The number of Topliss-reactive ketones (excluding diaryl/α,β-unsaturated/α-hetero) is 1. The summed E-state index contributed by atoms with van der Waals surface area (Å²) in [6.07, 6.45) is 5.63. The second kappa shape index (κ2) is 5.50. The van der Waals surface area contributed by atoms with Crippen molar-refractivity contribution in [3.63, 3.8) is 0 Å². The minimum atomic E-state index is -0.185. The van der Waals surface area contributed by atoms with Crippen molar-refractivity contribution in [3.05, 3.63) is 0 Å². The predicted molar refractivity (Wildman–Crippen MR) is 57.2 cm³/mol. The first-order valence-corrected chi connectivity index (χ1v) is 5.70. The monoisotopic (exact) mass is 198 g/mol. The van der Waals surface area contributed by atoms with Gasteiger partial charge in [0.25, 0.3) is 0 Å². The molecule has 1 rings (SSSR count). The van der Waals surface area contributed by atoms with E-state index in [4.69, 9.17) is 4.74 Å². The van der Waals surface area contributed by atoms with Gasteiger partial charge in [0.2, 0.25) is 0 Å². The molecule has 0 bridgehead atoms. The smallest absolute Gasteiger partial charge is 0.162 e. The Morgan fingerprint density at radius 1 is 1.36 bits per heavy atom. The molecule has 0 aromatic heterocycles. The molecular weight excluding hydrogens is 176 g/mol. The maximum absolute atomic E-state index is 11.8. The molecule has 1 fully saturated rings. The third-order valence-corrected chi connectivity index (χ3v) is 3.14. The summed E-state index contributed by atoms with van der Waals surface area (Å²) >= 11 is 0. The summed E-state index contributed by atoms with van der Waals surface area (Å²) in [5.74, 6) is 1.24. The largest absolute Gasteiger partial charge is 0.373 e.